The van der Waals surface area contributed by atoms with Gasteiger partial charge in [0.05, 0.1) is 13.2 Å². The molecule has 2 N–H and O–H groups in total. The number of hydrogen-bond acceptors (Lipinski definition) is 2. The van der Waals surface area contributed by atoms with Crippen LogP contribution < -0.4 is 10.6 Å². The van der Waals surface area contributed by atoms with Gasteiger partial charge in [-0.25, -0.2) is 0 Å². The molecule has 0 saturated heterocycles. The summed E-state index contributed by atoms with van der Waals surface area (Å²) in [6, 6.07) is 8.67. The highest BCUT2D eigenvalue weighted by molar-refractivity contribution is 9.10. The number of rotatable bonds is 6. The van der Waals surface area contributed by atoms with E-state index in [9.17, 15) is 0 Å². The second kappa shape index (κ2) is 8.17. The van der Waals surface area contributed by atoms with Gasteiger partial charge in [0.2, 0.25) is 0 Å². The van der Waals surface area contributed by atoms with Gasteiger partial charge in [-0.1, -0.05) is 39.7 Å². The summed E-state index contributed by atoms with van der Waals surface area (Å²) in [5, 5.41) is 6.94. The van der Waals surface area contributed by atoms with Crippen LogP contribution in [0.15, 0.2) is 45.4 Å². The van der Waals surface area contributed by atoms with Gasteiger partial charge >= 0.3 is 0 Å². The first-order valence-electron chi connectivity index (χ1n) is 8.68. The Labute approximate surface area is 152 Å². The van der Waals surface area contributed by atoms with Crippen molar-refractivity contribution in [1.29, 1.82) is 0 Å². The second-order valence-corrected chi connectivity index (χ2v) is 7.50. The van der Waals surface area contributed by atoms with Gasteiger partial charge in [0.15, 0.2) is 5.96 Å². The molecule has 1 saturated carbocycles. The molecule has 0 spiro atoms. The average molecular weight is 392 g/mol. The molecule has 0 bridgehead atoms. The molecular weight excluding hydrogens is 366 g/mol. The van der Waals surface area contributed by atoms with Gasteiger partial charge in [0, 0.05) is 30.0 Å². The highest BCUT2D eigenvalue weighted by atomic mass is 79.9. The Morgan fingerprint density at radius 1 is 1.33 bits per heavy atom. The molecule has 5 heteroatoms. The molecule has 0 amide bonds. The first kappa shape index (κ1) is 17.5. The molecule has 1 aromatic rings. The van der Waals surface area contributed by atoms with Crippen molar-refractivity contribution in [2.45, 2.75) is 31.1 Å². The number of nitrogens with zero attached hydrogens (tertiary/aromatic N) is 1. The molecule has 1 fully saturated rings. The van der Waals surface area contributed by atoms with Crippen LogP contribution in [0.4, 0.5) is 0 Å². The van der Waals surface area contributed by atoms with Gasteiger partial charge in [-0.05, 0) is 43.4 Å². The quantitative estimate of drug-likeness (QED) is 0.443. The van der Waals surface area contributed by atoms with Crippen molar-refractivity contribution in [3.8, 4) is 0 Å². The molecule has 1 aliphatic heterocycles. The molecular formula is C19H26BrN3O. The van der Waals surface area contributed by atoms with Crippen molar-refractivity contribution in [2.75, 3.05) is 33.4 Å². The maximum absolute atomic E-state index is 5.35. The van der Waals surface area contributed by atoms with E-state index in [2.05, 4.69) is 61.9 Å². The molecule has 0 aromatic heterocycles. The average Bonchev–Trinajstić information content (AvgIpc) is 3.40. The van der Waals surface area contributed by atoms with E-state index in [0.717, 1.165) is 49.6 Å². The number of benzene rings is 1. The van der Waals surface area contributed by atoms with Crippen molar-refractivity contribution < 1.29 is 4.74 Å². The molecule has 4 nitrogen and oxygen atoms in total. The van der Waals surface area contributed by atoms with E-state index in [4.69, 9.17) is 4.74 Å². The third-order valence-electron chi connectivity index (χ3n) is 4.90. The van der Waals surface area contributed by atoms with Crippen LogP contribution in [0.1, 0.15) is 31.2 Å². The summed E-state index contributed by atoms with van der Waals surface area (Å²) >= 11 is 3.58. The Morgan fingerprint density at radius 2 is 2.21 bits per heavy atom. The maximum Gasteiger partial charge on any atom is 0.191 e. The summed E-state index contributed by atoms with van der Waals surface area (Å²) < 4.78 is 6.50. The fourth-order valence-corrected chi connectivity index (χ4v) is 3.54. The molecule has 0 atom stereocenters. The van der Waals surface area contributed by atoms with Gasteiger partial charge in [0.25, 0.3) is 0 Å². The lowest BCUT2D eigenvalue weighted by Crippen LogP contribution is -2.41. The van der Waals surface area contributed by atoms with Crippen LogP contribution in [0, 0.1) is 0 Å². The lowest BCUT2D eigenvalue weighted by Gasteiger charge is -2.20. The van der Waals surface area contributed by atoms with Gasteiger partial charge in [0.1, 0.15) is 0 Å². The third kappa shape index (κ3) is 4.61. The second-order valence-electron chi connectivity index (χ2n) is 6.58. The number of nitrogens with one attached hydrogen (secondary N) is 2. The maximum atomic E-state index is 5.35. The minimum atomic E-state index is 0.268. The molecule has 1 heterocycles. The number of guanidine groups is 1. The third-order valence-corrected chi connectivity index (χ3v) is 5.40. The fourth-order valence-electron chi connectivity index (χ4n) is 3.14. The molecule has 130 valence electrons. The first-order valence-corrected chi connectivity index (χ1v) is 9.47. The Kier molecular flexibility index (Phi) is 5.95. The predicted molar refractivity (Wildman–Crippen MR) is 103 cm³/mol. The zero-order valence-corrected chi connectivity index (χ0v) is 15.9. The molecule has 3 rings (SSSR count). The Bertz CT molecular complexity index is 623. The highest BCUT2D eigenvalue weighted by Crippen LogP contribution is 2.48. The van der Waals surface area contributed by atoms with Crippen LogP contribution in [0.3, 0.4) is 0 Å². The number of aliphatic imine (C=N–C) groups is 1. The number of ether oxygens (including phenoxy) is 1. The summed E-state index contributed by atoms with van der Waals surface area (Å²) in [6.07, 6.45) is 6.79. The van der Waals surface area contributed by atoms with Gasteiger partial charge in [-0.3, -0.25) is 4.99 Å². The molecule has 0 unspecified atom stereocenters. The minimum absolute atomic E-state index is 0.268. The van der Waals surface area contributed by atoms with Crippen LogP contribution >= 0.6 is 15.9 Å². The van der Waals surface area contributed by atoms with Crippen LogP contribution in [-0.4, -0.2) is 39.3 Å². The monoisotopic (exact) mass is 391 g/mol. The zero-order valence-electron chi connectivity index (χ0n) is 14.3. The smallest absolute Gasteiger partial charge is 0.191 e. The van der Waals surface area contributed by atoms with E-state index < -0.39 is 0 Å². The Morgan fingerprint density at radius 3 is 2.88 bits per heavy atom. The van der Waals surface area contributed by atoms with Crippen molar-refractivity contribution in [3.05, 3.63) is 46.0 Å². The lowest BCUT2D eigenvalue weighted by molar-refractivity contribution is 0.153. The van der Waals surface area contributed by atoms with E-state index in [0.29, 0.717) is 0 Å². The van der Waals surface area contributed by atoms with Crippen LogP contribution in [0.25, 0.3) is 0 Å². The van der Waals surface area contributed by atoms with E-state index >= 15 is 0 Å². The summed E-state index contributed by atoms with van der Waals surface area (Å²) in [5.74, 6) is 0.893. The topological polar surface area (TPSA) is 45.7 Å². The Hall–Kier alpha value is -1.33. The van der Waals surface area contributed by atoms with E-state index in [1.165, 1.54) is 24.0 Å². The summed E-state index contributed by atoms with van der Waals surface area (Å²) in [4.78, 5) is 4.35. The van der Waals surface area contributed by atoms with Gasteiger partial charge in [-0.15, -0.1) is 0 Å². The highest BCUT2D eigenvalue weighted by Gasteiger charge is 2.44. The molecule has 2 aliphatic rings. The van der Waals surface area contributed by atoms with Crippen molar-refractivity contribution in [3.63, 3.8) is 0 Å². The van der Waals surface area contributed by atoms with Crippen molar-refractivity contribution in [1.82, 2.24) is 10.6 Å². The predicted octanol–water partition coefficient (Wildman–Crippen LogP) is 3.38. The largest absolute Gasteiger partial charge is 0.377 e. The minimum Gasteiger partial charge on any atom is -0.377 e. The van der Waals surface area contributed by atoms with Crippen LogP contribution in [-0.2, 0) is 10.2 Å². The molecule has 24 heavy (non-hydrogen) atoms. The first-order chi connectivity index (χ1) is 11.7. The molecule has 0 radical (unpaired) electrons. The number of hydrogen-bond donors (Lipinski definition) is 2. The summed E-state index contributed by atoms with van der Waals surface area (Å²) in [6.45, 7) is 3.46. The zero-order chi connectivity index (χ0) is 16.8. The number of halogens is 1. The van der Waals surface area contributed by atoms with Crippen molar-refractivity contribution >= 4 is 21.9 Å². The van der Waals surface area contributed by atoms with Gasteiger partial charge < -0.3 is 15.4 Å². The Balaban J connectivity index is 1.47. The fraction of sp³-hybridized carbons (Fsp3) is 0.526. The van der Waals surface area contributed by atoms with Gasteiger partial charge in [-0.2, -0.15) is 0 Å². The standard InChI is InChI=1S/C19H26BrN3O/c1-21-18(22-10-5-15-6-11-24-12-7-15)23-14-19(8-9-19)16-3-2-4-17(20)13-16/h2-4,6,13H,5,7-12,14H2,1H3,(H2,21,22,23). The van der Waals surface area contributed by atoms with E-state index in [-0.39, 0.29) is 5.41 Å². The molecule has 1 aliphatic carbocycles. The summed E-state index contributed by atoms with van der Waals surface area (Å²) in [5.41, 5.74) is 3.16. The molecule has 1 aromatic carbocycles. The van der Waals surface area contributed by atoms with Crippen LogP contribution in [0.5, 0.6) is 0 Å². The van der Waals surface area contributed by atoms with Crippen molar-refractivity contribution in [2.24, 2.45) is 4.99 Å². The van der Waals surface area contributed by atoms with E-state index in [1.54, 1.807) is 0 Å². The van der Waals surface area contributed by atoms with E-state index in [1.807, 2.05) is 7.05 Å². The lowest BCUT2D eigenvalue weighted by atomic mass is 9.96. The SMILES string of the molecule is CN=C(NCCC1=CCOCC1)NCC1(c2cccc(Br)c2)CC1. The normalized spacial score (nSPS) is 19.6. The van der Waals surface area contributed by atoms with Crippen LogP contribution in [0.2, 0.25) is 0 Å². The summed E-state index contributed by atoms with van der Waals surface area (Å²) in [7, 11) is 1.84.